The molecule has 3 nitrogen and oxygen atoms in total. The number of aryl methyl sites for hydroxylation is 4. The molecule has 0 unspecified atom stereocenters. The third-order valence-corrected chi connectivity index (χ3v) is 5.17. The average molecular weight is 368 g/mol. The molecule has 27 heavy (non-hydrogen) atoms. The molecule has 0 spiro atoms. The SMILES string of the molecule is Cc1ccc(C(C)C)c(O[C@H](C)C(=O)N[C@H](C)c2cc(C)c(C)cc2C)c1. The van der Waals surface area contributed by atoms with Gasteiger partial charge in [0.15, 0.2) is 6.10 Å². The average Bonchev–Trinajstić information content (AvgIpc) is 2.57. The maximum absolute atomic E-state index is 12.7. The van der Waals surface area contributed by atoms with E-state index in [2.05, 4.69) is 64.2 Å². The number of benzene rings is 2. The first kappa shape index (κ1) is 21.0. The van der Waals surface area contributed by atoms with Gasteiger partial charge in [0.25, 0.3) is 5.91 Å². The number of rotatable bonds is 6. The van der Waals surface area contributed by atoms with Crippen LogP contribution in [0.2, 0.25) is 0 Å². The highest BCUT2D eigenvalue weighted by molar-refractivity contribution is 5.81. The first-order valence-electron chi connectivity index (χ1n) is 9.75. The molecule has 0 aliphatic carbocycles. The van der Waals surface area contributed by atoms with Gasteiger partial charge in [-0.1, -0.05) is 38.1 Å². The van der Waals surface area contributed by atoms with E-state index in [1.807, 2.05) is 26.8 Å². The van der Waals surface area contributed by atoms with Crippen molar-refractivity contribution >= 4 is 5.91 Å². The molecule has 1 amide bonds. The van der Waals surface area contributed by atoms with E-state index in [1.165, 1.54) is 16.7 Å². The van der Waals surface area contributed by atoms with E-state index in [0.29, 0.717) is 5.92 Å². The number of carbonyl (C=O) groups excluding carboxylic acids is 1. The van der Waals surface area contributed by atoms with Gasteiger partial charge in [-0.25, -0.2) is 0 Å². The number of hydrogen-bond donors (Lipinski definition) is 1. The van der Waals surface area contributed by atoms with E-state index < -0.39 is 6.10 Å². The normalized spacial score (nSPS) is 13.4. The van der Waals surface area contributed by atoms with Crippen molar-refractivity contribution < 1.29 is 9.53 Å². The van der Waals surface area contributed by atoms with Crippen LogP contribution in [-0.2, 0) is 4.79 Å². The Morgan fingerprint density at radius 3 is 2.11 bits per heavy atom. The lowest BCUT2D eigenvalue weighted by Crippen LogP contribution is -2.38. The molecule has 1 N–H and O–H groups in total. The maximum Gasteiger partial charge on any atom is 0.261 e. The van der Waals surface area contributed by atoms with Gasteiger partial charge in [0.05, 0.1) is 6.04 Å². The summed E-state index contributed by atoms with van der Waals surface area (Å²) in [6, 6.07) is 10.5. The van der Waals surface area contributed by atoms with Crippen LogP contribution in [0.1, 0.15) is 73.0 Å². The molecule has 146 valence electrons. The second-order valence-corrected chi connectivity index (χ2v) is 7.98. The van der Waals surface area contributed by atoms with Crippen LogP contribution in [0.4, 0.5) is 0 Å². The number of amides is 1. The third-order valence-electron chi connectivity index (χ3n) is 5.17. The molecule has 0 radical (unpaired) electrons. The van der Waals surface area contributed by atoms with Crippen LogP contribution in [0.3, 0.4) is 0 Å². The highest BCUT2D eigenvalue weighted by Crippen LogP contribution is 2.28. The Morgan fingerprint density at radius 2 is 1.48 bits per heavy atom. The second-order valence-electron chi connectivity index (χ2n) is 7.98. The van der Waals surface area contributed by atoms with E-state index in [1.54, 1.807) is 0 Å². The van der Waals surface area contributed by atoms with Gasteiger partial charge in [-0.05, 0) is 86.9 Å². The van der Waals surface area contributed by atoms with Gasteiger partial charge in [-0.2, -0.15) is 0 Å². The molecule has 0 bridgehead atoms. The maximum atomic E-state index is 12.7. The molecule has 2 rings (SSSR count). The molecule has 0 saturated heterocycles. The van der Waals surface area contributed by atoms with Crippen LogP contribution < -0.4 is 10.1 Å². The first-order valence-corrected chi connectivity index (χ1v) is 9.75. The summed E-state index contributed by atoms with van der Waals surface area (Å²) >= 11 is 0. The summed E-state index contributed by atoms with van der Waals surface area (Å²) in [5, 5.41) is 3.10. The number of nitrogens with one attached hydrogen (secondary N) is 1. The Balaban J connectivity index is 2.12. The van der Waals surface area contributed by atoms with Crippen LogP contribution in [0.15, 0.2) is 30.3 Å². The fourth-order valence-corrected chi connectivity index (χ4v) is 3.32. The van der Waals surface area contributed by atoms with Crippen LogP contribution in [-0.4, -0.2) is 12.0 Å². The molecule has 3 heteroatoms. The predicted molar refractivity (Wildman–Crippen MR) is 113 cm³/mol. The van der Waals surface area contributed by atoms with Crippen molar-refractivity contribution in [2.75, 3.05) is 0 Å². The van der Waals surface area contributed by atoms with Crippen LogP contribution >= 0.6 is 0 Å². The standard InChI is InChI=1S/C24H33NO2/c1-14(2)21-10-9-15(3)11-23(21)27-20(8)24(26)25-19(7)22-13-17(5)16(4)12-18(22)6/h9-14,19-20H,1-8H3,(H,25,26)/t19-,20-/m1/s1. The minimum Gasteiger partial charge on any atom is -0.481 e. The summed E-state index contributed by atoms with van der Waals surface area (Å²) in [5.41, 5.74) is 7.10. The Morgan fingerprint density at radius 1 is 0.852 bits per heavy atom. The lowest BCUT2D eigenvalue weighted by atomic mass is 9.96. The van der Waals surface area contributed by atoms with Gasteiger partial charge >= 0.3 is 0 Å². The summed E-state index contributed by atoms with van der Waals surface area (Å²) in [7, 11) is 0. The van der Waals surface area contributed by atoms with Crippen molar-refractivity contribution in [3.05, 3.63) is 63.7 Å². The fraction of sp³-hybridized carbons (Fsp3) is 0.458. The summed E-state index contributed by atoms with van der Waals surface area (Å²) in [6.07, 6.45) is -0.557. The predicted octanol–water partition coefficient (Wildman–Crippen LogP) is 5.69. The summed E-state index contributed by atoms with van der Waals surface area (Å²) < 4.78 is 6.05. The topological polar surface area (TPSA) is 38.3 Å². The van der Waals surface area contributed by atoms with E-state index in [-0.39, 0.29) is 11.9 Å². The molecule has 0 saturated carbocycles. The van der Waals surface area contributed by atoms with Gasteiger partial charge in [0.1, 0.15) is 5.75 Å². The van der Waals surface area contributed by atoms with Crippen molar-refractivity contribution in [3.8, 4) is 5.75 Å². The summed E-state index contributed by atoms with van der Waals surface area (Å²) in [6.45, 7) is 16.4. The monoisotopic (exact) mass is 367 g/mol. The van der Waals surface area contributed by atoms with Crippen LogP contribution in [0, 0.1) is 27.7 Å². The van der Waals surface area contributed by atoms with E-state index >= 15 is 0 Å². The molecule has 2 aromatic carbocycles. The Bertz CT molecular complexity index is 823. The second kappa shape index (κ2) is 8.60. The van der Waals surface area contributed by atoms with Crippen molar-refractivity contribution in [1.29, 1.82) is 0 Å². The van der Waals surface area contributed by atoms with Gasteiger partial charge in [-0.15, -0.1) is 0 Å². The zero-order valence-corrected chi connectivity index (χ0v) is 17.9. The number of carbonyl (C=O) groups is 1. The Labute approximate surface area is 164 Å². The van der Waals surface area contributed by atoms with Gasteiger partial charge in [-0.3, -0.25) is 4.79 Å². The number of ether oxygens (including phenoxy) is 1. The van der Waals surface area contributed by atoms with Crippen molar-refractivity contribution in [2.24, 2.45) is 0 Å². The van der Waals surface area contributed by atoms with E-state index in [4.69, 9.17) is 4.74 Å². The van der Waals surface area contributed by atoms with Crippen molar-refractivity contribution in [1.82, 2.24) is 5.32 Å². The minimum atomic E-state index is -0.557. The Kier molecular flexibility index (Phi) is 6.69. The highest BCUT2D eigenvalue weighted by Gasteiger charge is 2.20. The number of hydrogen-bond acceptors (Lipinski definition) is 2. The molecular formula is C24H33NO2. The van der Waals surface area contributed by atoms with E-state index in [0.717, 1.165) is 22.4 Å². The van der Waals surface area contributed by atoms with Crippen molar-refractivity contribution in [3.63, 3.8) is 0 Å². The zero-order valence-electron chi connectivity index (χ0n) is 17.9. The third kappa shape index (κ3) is 5.12. The molecule has 0 fully saturated rings. The molecule has 0 heterocycles. The smallest absolute Gasteiger partial charge is 0.261 e. The lowest BCUT2D eigenvalue weighted by molar-refractivity contribution is -0.127. The van der Waals surface area contributed by atoms with Crippen LogP contribution in [0.5, 0.6) is 5.75 Å². The molecular weight excluding hydrogens is 334 g/mol. The minimum absolute atomic E-state index is 0.0649. The Hall–Kier alpha value is -2.29. The lowest BCUT2D eigenvalue weighted by Gasteiger charge is -2.23. The van der Waals surface area contributed by atoms with E-state index in [9.17, 15) is 4.79 Å². The molecule has 2 atom stereocenters. The highest BCUT2D eigenvalue weighted by atomic mass is 16.5. The largest absolute Gasteiger partial charge is 0.481 e. The molecule has 0 aromatic heterocycles. The molecule has 0 aliphatic heterocycles. The van der Waals surface area contributed by atoms with Gasteiger partial charge in [0, 0.05) is 0 Å². The fourth-order valence-electron chi connectivity index (χ4n) is 3.32. The van der Waals surface area contributed by atoms with Crippen molar-refractivity contribution in [2.45, 2.75) is 73.5 Å². The van der Waals surface area contributed by atoms with Crippen LogP contribution in [0.25, 0.3) is 0 Å². The summed E-state index contributed by atoms with van der Waals surface area (Å²) in [4.78, 5) is 12.7. The summed E-state index contributed by atoms with van der Waals surface area (Å²) in [5.74, 6) is 1.03. The molecule has 2 aromatic rings. The zero-order chi connectivity index (χ0) is 20.3. The van der Waals surface area contributed by atoms with Gasteiger partial charge < -0.3 is 10.1 Å². The quantitative estimate of drug-likeness (QED) is 0.712. The first-order chi connectivity index (χ1) is 12.6. The van der Waals surface area contributed by atoms with Gasteiger partial charge in [0.2, 0.25) is 0 Å². The molecule has 0 aliphatic rings.